The normalized spacial score (nSPS) is 16.0. The Kier molecular flexibility index (Phi) is 9.06. The first kappa shape index (κ1) is 26.0. The maximum atomic E-state index is 12.6. The van der Waals surface area contributed by atoms with Crippen LogP contribution in [0.3, 0.4) is 0 Å². The first-order chi connectivity index (χ1) is 16.8. The van der Waals surface area contributed by atoms with E-state index in [-0.39, 0.29) is 5.91 Å². The maximum absolute atomic E-state index is 12.6. The first-order valence-electron chi connectivity index (χ1n) is 12.0. The van der Waals surface area contributed by atoms with Gasteiger partial charge in [-0.05, 0) is 61.9 Å². The van der Waals surface area contributed by atoms with Crippen molar-refractivity contribution in [2.24, 2.45) is 5.92 Å². The molecule has 1 aliphatic rings. The molecule has 7 heteroatoms. The van der Waals surface area contributed by atoms with Crippen LogP contribution in [0.1, 0.15) is 61.7 Å². The highest BCUT2D eigenvalue weighted by atomic mass is 16.5. The number of ether oxygens (including phenoxy) is 1. The Balaban J connectivity index is 1.68. The predicted octanol–water partition coefficient (Wildman–Crippen LogP) is 5.31. The van der Waals surface area contributed by atoms with Crippen molar-refractivity contribution in [1.29, 1.82) is 0 Å². The van der Waals surface area contributed by atoms with E-state index in [9.17, 15) is 14.7 Å². The van der Waals surface area contributed by atoms with Crippen LogP contribution < -0.4 is 4.74 Å². The zero-order valence-electron chi connectivity index (χ0n) is 20.9. The number of carbonyl (C=O) groups is 2. The second kappa shape index (κ2) is 12.2. The molecule has 0 radical (unpaired) electrons. The van der Waals surface area contributed by atoms with Gasteiger partial charge in [-0.25, -0.2) is 9.78 Å². The fraction of sp³-hybridized carbons (Fsp3) is 0.393. The molecule has 0 aliphatic carbocycles. The van der Waals surface area contributed by atoms with Gasteiger partial charge in [0.2, 0.25) is 11.8 Å². The van der Waals surface area contributed by atoms with E-state index >= 15 is 0 Å². The standard InChI is InChI=1S/C28H34N2O5/c1-5-6-7-11-26(31)30-16-14-21-12-13-22(18-23(21)27(30)28(32)33)34-17-15-24-20(4)35-25(29-24)10-8-9-19(2)3/h5-8,10-13,18-19,27H,9,14-17H2,1-4H3,(H,32,33). The lowest BCUT2D eigenvalue weighted by molar-refractivity contribution is -0.149. The van der Waals surface area contributed by atoms with Gasteiger partial charge < -0.3 is 19.2 Å². The SMILES string of the molecule is CC=CC=CC(=O)N1CCc2ccc(OCCc3nc(C=CCC(C)C)oc3C)cc2C1C(=O)O. The third-order valence-electron chi connectivity index (χ3n) is 5.79. The molecule has 186 valence electrons. The molecule has 1 aliphatic heterocycles. The highest BCUT2D eigenvalue weighted by Gasteiger charge is 2.35. The number of carbonyl (C=O) groups excluding carboxylic acids is 1. The summed E-state index contributed by atoms with van der Waals surface area (Å²) in [5.41, 5.74) is 2.33. The Morgan fingerprint density at radius 2 is 2.11 bits per heavy atom. The Morgan fingerprint density at radius 3 is 2.83 bits per heavy atom. The lowest BCUT2D eigenvalue weighted by Crippen LogP contribution is -2.42. The van der Waals surface area contributed by atoms with E-state index in [1.165, 1.54) is 11.0 Å². The van der Waals surface area contributed by atoms with Gasteiger partial charge in [-0.2, -0.15) is 0 Å². The molecule has 3 rings (SSSR count). The summed E-state index contributed by atoms with van der Waals surface area (Å²) in [5.74, 6) is 1.09. The minimum Gasteiger partial charge on any atom is -0.493 e. The molecule has 0 saturated heterocycles. The van der Waals surface area contributed by atoms with Crippen LogP contribution in [0.15, 0.2) is 53.0 Å². The quantitative estimate of drug-likeness (QED) is 0.368. The fourth-order valence-electron chi connectivity index (χ4n) is 3.99. The second-order valence-corrected chi connectivity index (χ2v) is 8.95. The van der Waals surface area contributed by atoms with E-state index in [0.29, 0.717) is 49.1 Å². The zero-order chi connectivity index (χ0) is 25.4. The third kappa shape index (κ3) is 6.94. The molecule has 1 atom stereocenters. The summed E-state index contributed by atoms with van der Waals surface area (Å²) < 4.78 is 11.7. The van der Waals surface area contributed by atoms with E-state index in [1.807, 2.05) is 32.1 Å². The van der Waals surface area contributed by atoms with E-state index in [2.05, 4.69) is 24.9 Å². The average Bonchev–Trinajstić information content (AvgIpc) is 3.16. The maximum Gasteiger partial charge on any atom is 0.331 e. The minimum atomic E-state index is -1.06. The molecule has 0 bridgehead atoms. The molecular formula is C28H34N2O5. The molecule has 0 saturated carbocycles. The third-order valence-corrected chi connectivity index (χ3v) is 5.79. The zero-order valence-corrected chi connectivity index (χ0v) is 20.9. The van der Waals surface area contributed by atoms with Gasteiger partial charge >= 0.3 is 5.97 Å². The molecule has 7 nitrogen and oxygen atoms in total. The van der Waals surface area contributed by atoms with E-state index in [0.717, 1.165) is 23.4 Å². The Morgan fingerprint density at radius 1 is 1.31 bits per heavy atom. The van der Waals surface area contributed by atoms with Gasteiger partial charge in [-0.3, -0.25) is 4.79 Å². The second-order valence-electron chi connectivity index (χ2n) is 8.95. The number of aryl methyl sites for hydroxylation is 1. The number of allylic oxidation sites excluding steroid dienone is 4. The van der Waals surface area contributed by atoms with Crippen LogP contribution >= 0.6 is 0 Å². The number of benzene rings is 1. The van der Waals surface area contributed by atoms with Crippen molar-refractivity contribution in [3.8, 4) is 5.75 Å². The van der Waals surface area contributed by atoms with Crippen LogP contribution in [-0.2, 0) is 22.4 Å². The number of hydrogen-bond donors (Lipinski definition) is 1. The molecule has 2 aromatic rings. The lowest BCUT2D eigenvalue weighted by atomic mass is 9.92. The number of oxazole rings is 1. The van der Waals surface area contributed by atoms with E-state index in [1.54, 1.807) is 24.3 Å². The van der Waals surface area contributed by atoms with Gasteiger partial charge in [0.25, 0.3) is 0 Å². The first-order valence-corrected chi connectivity index (χ1v) is 12.0. The van der Waals surface area contributed by atoms with Gasteiger partial charge in [-0.1, -0.05) is 44.2 Å². The molecule has 0 fully saturated rings. The topological polar surface area (TPSA) is 92.9 Å². The molecule has 35 heavy (non-hydrogen) atoms. The molecule has 1 unspecified atom stereocenters. The Hall–Kier alpha value is -3.61. The van der Waals surface area contributed by atoms with Crippen LogP contribution in [0, 0.1) is 12.8 Å². The van der Waals surface area contributed by atoms with Gasteiger partial charge in [0.05, 0.1) is 12.3 Å². The highest BCUT2D eigenvalue weighted by Crippen LogP contribution is 2.33. The van der Waals surface area contributed by atoms with Crippen LogP contribution in [-0.4, -0.2) is 40.0 Å². The summed E-state index contributed by atoms with van der Waals surface area (Å²) in [4.78, 5) is 30.7. The van der Waals surface area contributed by atoms with Gasteiger partial charge in [0.15, 0.2) is 6.04 Å². The number of aliphatic carboxylic acids is 1. The number of hydrogen-bond acceptors (Lipinski definition) is 5. The fourth-order valence-corrected chi connectivity index (χ4v) is 3.99. The highest BCUT2D eigenvalue weighted by molar-refractivity contribution is 5.92. The van der Waals surface area contributed by atoms with Gasteiger partial charge in [0, 0.05) is 19.0 Å². The number of carboxylic acid groups (broad SMARTS) is 1. The number of amides is 1. The molecule has 1 aromatic heterocycles. The van der Waals surface area contributed by atoms with Crippen LogP contribution in [0.2, 0.25) is 0 Å². The van der Waals surface area contributed by atoms with E-state index < -0.39 is 12.0 Å². The summed E-state index contributed by atoms with van der Waals surface area (Å²) in [6.07, 6.45) is 12.6. The summed E-state index contributed by atoms with van der Waals surface area (Å²) in [6.45, 7) is 8.77. The molecule has 1 N–H and O–H groups in total. The average molecular weight is 479 g/mol. The number of carboxylic acids is 1. The summed E-state index contributed by atoms with van der Waals surface area (Å²) in [7, 11) is 0. The van der Waals surface area contributed by atoms with Crippen LogP contribution in [0.25, 0.3) is 6.08 Å². The molecular weight excluding hydrogens is 444 g/mol. The van der Waals surface area contributed by atoms with Crippen LogP contribution in [0.5, 0.6) is 5.75 Å². The lowest BCUT2D eigenvalue weighted by Gasteiger charge is -2.34. The molecule has 0 spiro atoms. The monoisotopic (exact) mass is 478 g/mol. The number of fused-ring (bicyclic) bond motifs is 1. The van der Waals surface area contributed by atoms with Crippen LogP contribution in [0.4, 0.5) is 0 Å². The van der Waals surface area contributed by atoms with Crippen molar-refractivity contribution in [2.45, 2.75) is 53.0 Å². The van der Waals surface area contributed by atoms with Gasteiger partial charge in [0.1, 0.15) is 11.5 Å². The van der Waals surface area contributed by atoms with E-state index in [4.69, 9.17) is 9.15 Å². The Bertz CT molecular complexity index is 1130. The summed E-state index contributed by atoms with van der Waals surface area (Å²) in [6, 6.07) is 4.41. The number of rotatable bonds is 10. The Labute approximate surface area is 206 Å². The smallest absolute Gasteiger partial charge is 0.331 e. The van der Waals surface area contributed by atoms with Crippen molar-refractivity contribution in [2.75, 3.05) is 13.2 Å². The minimum absolute atomic E-state index is 0.327. The van der Waals surface area contributed by atoms with Crippen molar-refractivity contribution in [1.82, 2.24) is 9.88 Å². The number of aromatic nitrogens is 1. The predicted molar refractivity (Wildman–Crippen MR) is 135 cm³/mol. The molecule has 2 heterocycles. The molecule has 1 amide bonds. The van der Waals surface area contributed by atoms with Crippen molar-refractivity contribution in [3.63, 3.8) is 0 Å². The summed E-state index contributed by atoms with van der Waals surface area (Å²) >= 11 is 0. The van der Waals surface area contributed by atoms with Crippen molar-refractivity contribution < 1.29 is 23.8 Å². The number of nitrogens with zero attached hydrogens (tertiary/aromatic N) is 2. The summed E-state index contributed by atoms with van der Waals surface area (Å²) in [5, 5.41) is 9.92. The molecule has 1 aromatic carbocycles. The van der Waals surface area contributed by atoms with Crippen molar-refractivity contribution >= 4 is 18.0 Å². The van der Waals surface area contributed by atoms with Crippen molar-refractivity contribution in [3.05, 3.63) is 77.1 Å². The van der Waals surface area contributed by atoms with Gasteiger partial charge in [-0.15, -0.1) is 0 Å². The largest absolute Gasteiger partial charge is 0.493 e.